The van der Waals surface area contributed by atoms with Crippen molar-refractivity contribution in [2.24, 2.45) is 0 Å². The number of aromatic nitrogens is 1. The molecule has 0 bridgehead atoms. The lowest BCUT2D eigenvalue weighted by Gasteiger charge is -2.36. The van der Waals surface area contributed by atoms with E-state index in [2.05, 4.69) is 25.0 Å². The zero-order valence-corrected chi connectivity index (χ0v) is 19.1. The van der Waals surface area contributed by atoms with Crippen molar-refractivity contribution in [3.8, 4) is 5.75 Å². The van der Waals surface area contributed by atoms with Gasteiger partial charge in [-0.15, -0.1) is 0 Å². The summed E-state index contributed by atoms with van der Waals surface area (Å²) in [4.78, 5) is 23.6. The zero-order valence-electron chi connectivity index (χ0n) is 19.1. The molecule has 0 spiro atoms. The summed E-state index contributed by atoms with van der Waals surface area (Å²) in [5, 5.41) is 13.2. The Morgan fingerprint density at radius 2 is 1.70 bits per heavy atom. The van der Waals surface area contributed by atoms with E-state index in [1.54, 1.807) is 31.4 Å². The standard InChI is InChI=1S/C23H33N5O5/c1-31-20-4-2-18(3-5-20)24-23(30)21-17-33-22(25-21)16-27-8-6-26(7-9-27)14-19(29)15-28-10-12-32-13-11-28/h2-5,17,19,29H,6-16H2,1H3,(H,24,30). The number of piperazine rings is 1. The number of oxazole rings is 1. The quantitative estimate of drug-likeness (QED) is 0.562. The van der Waals surface area contributed by atoms with Crippen molar-refractivity contribution >= 4 is 11.6 Å². The van der Waals surface area contributed by atoms with E-state index in [4.69, 9.17) is 13.9 Å². The zero-order chi connectivity index (χ0) is 23.0. The van der Waals surface area contributed by atoms with Crippen molar-refractivity contribution in [2.75, 3.05) is 78.0 Å². The minimum atomic E-state index is -0.354. The third-order valence-electron chi connectivity index (χ3n) is 6.00. The first-order valence-electron chi connectivity index (χ1n) is 11.4. The van der Waals surface area contributed by atoms with Crippen molar-refractivity contribution in [3.63, 3.8) is 0 Å². The van der Waals surface area contributed by atoms with Crippen molar-refractivity contribution in [3.05, 3.63) is 42.1 Å². The maximum Gasteiger partial charge on any atom is 0.277 e. The number of methoxy groups -OCH3 is 1. The molecule has 4 rings (SSSR count). The van der Waals surface area contributed by atoms with E-state index in [0.29, 0.717) is 31.2 Å². The fourth-order valence-electron chi connectivity index (χ4n) is 4.12. The molecule has 0 aliphatic carbocycles. The lowest BCUT2D eigenvalue weighted by Crippen LogP contribution is -2.50. The highest BCUT2D eigenvalue weighted by Crippen LogP contribution is 2.16. The molecule has 3 heterocycles. The average Bonchev–Trinajstić information content (AvgIpc) is 3.30. The number of β-amino-alcohol motifs (C(OH)–C–C–N with tert-alkyl or cyclic N) is 1. The smallest absolute Gasteiger partial charge is 0.277 e. The highest BCUT2D eigenvalue weighted by molar-refractivity contribution is 6.02. The highest BCUT2D eigenvalue weighted by atomic mass is 16.5. The molecular weight excluding hydrogens is 426 g/mol. The molecule has 2 aromatic rings. The van der Waals surface area contributed by atoms with Crippen LogP contribution in [0.25, 0.3) is 0 Å². The second-order valence-electron chi connectivity index (χ2n) is 8.45. The second-order valence-corrected chi connectivity index (χ2v) is 8.45. The molecule has 1 atom stereocenters. The number of nitrogens with zero attached hydrogens (tertiary/aromatic N) is 4. The number of ether oxygens (including phenoxy) is 2. The van der Waals surface area contributed by atoms with Crippen LogP contribution in [0.4, 0.5) is 5.69 Å². The van der Waals surface area contributed by atoms with E-state index in [-0.39, 0.29) is 17.7 Å². The SMILES string of the molecule is COc1ccc(NC(=O)c2coc(CN3CCN(CC(O)CN4CCOCC4)CC3)n2)cc1. The molecule has 10 heteroatoms. The maximum absolute atomic E-state index is 12.4. The van der Waals surface area contributed by atoms with Gasteiger partial charge in [0.25, 0.3) is 5.91 Å². The lowest BCUT2D eigenvalue weighted by molar-refractivity contribution is 0.00187. The molecule has 0 saturated carbocycles. The fourth-order valence-corrected chi connectivity index (χ4v) is 4.12. The Labute approximate surface area is 194 Å². The monoisotopic (exact) mass is 459 g/mol. The predicted octanol–water partition coefficient (Wildman–Crippen LogP) is 0.746. The predicted molar refractivity (Wildman–Crippen MR) is 122 cm³/mol. The van der Waals surface area contributed by atoms with Gasteiger partial charge in [-0.25, -0.2) is 4.98 Å². The van der Waals surface area contributed by atoms with Crippen molar-refractivity contribution in [2.45, 2.75) is 12.6 Å². The summed E-state index contributed by atoms with van der Waals surface area (Å²) >= 11 is 0. The Morgan fingerprint density at radius 3 is 2.36 bits per heavy atom. The summed E-state index contributed by atoms with van der Waals surface area (Å²) in [6.07, 6.45) is 1.04. The minimum Gasteiger partial charge on any atom is -0.497 e. The second kappa shape index (κ2) is 11.6. The van der Waals surface area contributed by atoms with Crippen molar-refractivity contribution in [1.82, 2.24) is 19.7 Å². The van der Waals surface area contributed by atoms with Crippen molar-refractivity contribution < 1.29 is 23.8 Å². The number of amides is 1. The Kier molecular flexibility index (Phi) is 8.30. The van der Waals surface area contributed by atoms with Gasteiger partial charge in [-0.3, -0.25) is 19.5 Å². The molecule has 1 aromatic carbocycles. The van der Waals surface area contributed by atoms with E-state index in [9.17, 15) is 9.90 Å². The van der Waals surface area contributed by atoms with Crippen molar-refractivity contribution in [1.29, 1.82) is 0 Å². The Hall–Kier alpha value is -2.50. The number of rotatable bonds is 9. The maximum atomic E-state index is 12.4. The molecule has 2 fully saturated rings. The van der Waals surface area contributed by atoms with E-state index in [1.807, 2.05) is 0 Å². The molecular formula is C23H33N5O5. The Morgan fingerprint density at radius 1 is 1.06 bits per heavy atom. The topological polar surface area (TPSA) is 104 Å². The van der Waals surface area contributed by atoms with Crippen LogP contribution in [-0.2, 0) is 11.3 Å². The number of carbonyl (C=O) groups excluding carboxylic acids is 1. The number of benzene rings is 1. The molecule has 0 radical (unpaired) electrons. The van der Waals surface area contributed by atoms with Gasteiger partial charge in [-0.1, -0.05) is 0 Å². The van der Waals surface area contributed by atoms with Gasteiger partial charge in [0.2, 0.25) is 5.89 Å². The van der Waals surface area contributed by atoms with Crippen LogP contribution in [0.1, 0.15) is 16.4 Å². The summed E-state index contributed by atoms with van der Waals surface area (Å²) in [6.45, 7) is 8.69. The normalized spacial score (nSPS) is 19.3. The molecule has 1 aromatic heterocycles. The molecule has 2 N–H and O–H groups in total. The molecule has 1 amide bonds. The summed E-state index contributed by atoms with van der Waals surface area (Å²) in [5.41, 5.74) is 0.919. The van der Waals surface area contributed by atoms with Gasteiger partial charge < -0.3 is 24.3 Å². The molecule has 2 aliphatic heterocycles. The van der Waals surface area contributed by atoms with Crippen LogP contribution in [0.5, 0.6) is 5.75 Å². The summed E-state index contributed by atoms with van der Waals surface area (Å²) in [6, 6.07) is 7.11. The Bertz CT molecular complexity index is 876. The average molecular weight is 460 g/mol. The lowest BCUT2D eigenvalue weighted by atomic mass is 10.2. The van der Waals surface area contributed by atoms with Crippen LogP contribution in [0.3, 0.4) is 0 Å². The third-order valence-corrected chi connectivity index (χ3v) is 6.00. The first-order chi connectivity index (χ1) is 16.1. The first kappa shape index (κ1) is 23.7. The number of anilines is 1. The van der Waals surface area contributed by atoms with E-state index in [1.165, 1.54) is 6.26 Å². The molecule has 33 heavy (non-hydrogen) atoms. The van der Waals surface area contributed by atoms with Crippen LogP contribution < -0.4 is 10.1 Å². The number of hydrogen-bond acceptors (Lipinski definition) is 9. The third kappa shape index (κ3) is 6.99. The number of morpholine rings is 1. The number of hydrogen-bond donors (Lipinski definition) is 2. The number of aliphatic hydroxyl groups excluding tert-OH is 1. The van der Waals surface area contributed by atoms with Crippen LogP contribution in [0.2, 0.25) is 0 Å². The number of aliphatic hydroxyl groups is 1. The Balaban J connectivity index is 1.18. The van der Waals surface area contributed by atoms with E-state index < -0.39 is 0 Å². The molecule has 1 unspecified atom stereocenters. The van der Waals surface area contributed by atoms with E-state index in [0.717, 1.165) is 58.2 Å². The summed E-state index contributed by atoms with van der Waals surface area (Å²) < 4.78 is 16.0. The number of nitrogens with one attached hydrogen (secondary N) is 1. The van der Waals surface area contributed by atoms with Crippen LogP contribution in [0.15, 0.2) is 34.9 Å². The van der Waals surface area contributed by atoms with Gasteiger partial charge in [0.1, 0.15) is 12.0 Å². The highest BCUT2D eigenvalue weighted by Gasteiger charge is 2.23. The minimum absolute atomic E-state index is 0.255. The van der Waals surface area contributed by atoms with Crippen LogP contribution in [0, 0.1) is 0 Å². The van der Waals surface area contributed by atoms with Gasteiger partial charge in [0.15, 0.2) is 5.69 Å². The largest absolute Gasteiger partial charge is 0.497 e. The van der Waals surface area contributed by atoms with Gasteiger partial charge in [-0.05, 0) is 24.3 Å². The molecule has 2 aliphatic rings. The molecule has 10 nitrogen and oxygen atoms in total. The first-order valence-corrected chi connectivity index (χ1v) is 11.4. The van der Waals surface area contributed by atoms with Crippen LogP contribution in [-0.4, -0.2) is 109 Å². The molecule has 2 saturated heterocycles. The van der Waals surface area contributed by atoms with Gasteiger partial charge in [0.05, 0.1) is 33.0 Å². The summed E-state index contributed by atoms with van der Waals surface area (Å²) in [7, 11) is 1.60. The van der Waals surface area contributed by atoms with E-state index >= 15 is 0 Å². The summed E-state index contributed by atoms with van der Waals surface area (Å²) in [5.74, 6) is 0.938. The van der Waals surface area contributed by atoms with Gasteiger partial charge in [0, 0.05) is 58.0 Å². The number of carbonyl (C=O) groups is 1. The fraction of sp³-hybridized carbons (Fsp3) is 0.565. The van der Waals surface area contributed by atoms with Crippen LogP contribution >= 0.6 is 0 Å². The molecule has 180 valence electrons. The van der Waals surface area contributed by atoms with Gasteiger partial charge >= 0.3 is 0 Å². The van der Waals surface area contributed by atoms with Gasteiger partial charge in [-0.2, -0.15) is 0 Å².